The lowest BCUT2D eigenvalue weighted by molar-refractivity contribution is -0.121. The van der Waals surface area contributed by atoms with Gasteiger partial charge in [-0.2, -0.15) is 0 Å². The fourth-order valence-electron chi connectivity index (χ4n) is 2.88. The van der Waals surface area contributed by atoms with Gasteiger partial charge in [-0.25, -0.2) is 0 Å². The molecule has 1 unspecified atom stereocenters. The van der Waals surface area contributed by atoms with Crippen LogP contribution in [-0.2, 0) is 17.9 Å². The molecule has 1 heterocycles. The van der Waals surface area contributed by atoms with Crippen molar-refractivity contribution in [1.82, 2.24) is 25.4 Å². The van der Waals surface area contributed by atoms with Crippen LogP contribution in [0.5, 0.6) is 0 Å². The molecule has 2 aromatic carbocycles. The predicted molar refractivity (Wildman–Crippen MR) is 105 cm³/mol. The summed E-state index contributed by atoms with van der Waals surface area (Å²) in [4.78, 5) is 25.1. The van der Waals surface area contributed by atoms with Crippen LogP contribution in [-0.4, -0.2) is 26.6 Å². The van der Waals surface area contributed by atoms with Gasteiger partial charge in [0.05, 0.1) is 19.0 Å². The number of carbonyl (C=O) groups excluding carboxylic acids is 2. The number of aromatic nitrogens is 3. The number of nitrogens with zero attached hydrogens (tertiary/aromatic N) is 3. The third-order valence-electron chi connectivity index (χ3n) is 4.41. The molecule has 0 saturated heterocycles. The minimum atomic E-state index is -0.432. The zero-order chi connectivity index (χ0) is 19.8. The molecule has 7 heteroatoms. The maximum absolute atomic E-state index is 12.6. The van der Waals surface area contributed by atoms with Gasteiger partial charge in [0, 0.05) is 12.1 Å². The zero-order valence-electron chi connectivity index (χ0n) is 15.7. The predicted octanol–water partition coefficient (Wildman–Crippen LogP) is 2.48. The Morgan fingerprint density at radius 3 is 2.39 bits per heavy atom. The number of nitrogens with one attached hydrogen (secondary N) is 2. The lowest BCUT2D eigenvalue weighted by Gasteiger charge is -2.19. The second-order valence-electron chi connectivity index (χ2n) is 6.32. The van der Waals surface area contributed by atoms with Gasteiger partial charge in [-0.3, -0.25) is 9.59 Å². The minimum Gasteiger partial charge on any atom is -0.349 e. The van der Waals surface area contributed by atoms with Gasteiger partial charge in [0.1, 0.15) is 6.33 Å². The smallest absolute Gasteiger partial charge is 0.251 e. The Morgan fingerprint density at radius 2 is 1.71 bits per heavy atom. The molecule has 2 N–H and O–H groups in total. The van der Waals surface area contributed by atoms with Crippen LogP contribution in [0.1, 0.15) is 41.1 Å². The summed E-state index contributed by atoms with van der Waals surface area (Å²) in [5.74, 6) is 0.307. The Bertz CT molecular complexity index is 909. The van der Waals surface area contributed by atoms with Crippen molar-refractivity contribution in [2.45, 2.75) is 32.5 Å². The molecule has 1 aromatic heterocycles. The molecule has 1 atom stereocenters. The van der Waals surface area contributed by atoms with E-state index in [-0.39, 0.29) is 18.2 Å². The molecule has 0 spiro atoms. The van der Waals surface area contributed by atoms with Gasteiger partial charge >= 0.3 is 0 Å². The van der Waals surface area contributed by atoms with Gasteiger partial charge in [0.25, 0.3) is 5.91 Å². The molecule has 7 nitrogen and oxygen atoms in total. The average Bonchev–Trinajstić information content (AvgIpc) is 3.20. The first kappa shape index (κ1) is 19.3. The van der Waals surface area contributed by atoms with Crippen LogP contribution in [0, 0.1) is 0 Å². The summed E-state index contributed by atoms with van der Waals surface area (Å²) < 4.78 is 1.87. The van der Waals surface area contributed by atoms with Crippen molar-refractivity contribution in [3.05, 3.63) is 83.9 Å². The molecule has 0 bridgehead atoms. The first-order valence-corrected chi connectivity index (χ1v) is 9.21. The van der Waals surface area contributed by atoms with Gasteiger partial charge in [-0.05, 0) is 24.6 Å². The van der Waals surface area contributed by atoms with Gasteiger partial charge in [-0.15, -0.1) is 10.2 Å². The fraction of sp³-hybridized carbons (Fsp3) is 0.238. The third-order valence-corrected chi connectivity index (χ3v) is 4.41. The number of hydrogen-bond acceptors (Lipinski definition) is 4. The molecule has 144 valence electrons. The molecule has 0 aliphatic heterocycles. The Morgan fingerprint density at radius 1 is 1.04 bits per heavy atom. The molecule has 0 aliphatic carbocycles. The van der Waals surface area contributed by atoms with E-state index in [4.69, 9.17) is 0 Å². The second-order valence-corrected chi connectivity index (χ2v) is 6.32. The number of rotatable bonds is 8. The summed E-state index contributed by atoms with van der Waals surface area (Å²) in [7, 11) is 0. The fourth-order valence-corrected chi connectivity index (χ4v) is 2.88. The highest BCUT2D eigenvalue weighted by Crippen LogP contribution is 2.17. The Labute approximate surface area is 163 Å². The molecular weight excluding hydrogens is 354 g/mol. The van der Waals surface area contributed by atoms with Crippen molar-refractivity contribution in [2.75, 3.05) is 0 Å². The summed E-state index contributed by atoms with van der Waals surface area (Å²) in [6.07, 6.45) is 1.76. The highest BCUT2D eigenvalue weighted by Gasteiger charge is 2.19. The van der Waals surface area contributed by atoms with E-state index in [1.54, 1.807) is 18.5 Å². The number of aryl methyl sites for hydroxylation is 1. The van der Waals surface area contributed by atoms with E-state index >= 15 is 0 Å². The SMILES string of the molecule is CCn1cnnc1CNC(=O)CC(NC(=O)c1ccccc1)c1ccccc1. The molecular formula is C21H23N5O2. The summed E-state index contributed by atoms with van der Waals surface area (Å²) >= 11 is 0. The van der Waals surface area contributed by atoms with E-state index in [1.807, 2.05) is 60.0 Å². The summed E-state index contributed by atoms with van der Waals surface area (Å²) in [5.41, 5.74) is 1.43. The number of carbonyl (C=O) groups is 2. The normalized spacial score (nSPS) is 11.6. The van der Waals surface area contributed by atoms with E-state index in [9.17, 15) is 9.59 Å². The van der Waals surface area contributed by atoms with Crippen molar-refractivity contribution in [3.8, 4) is 0 Å². The zero-order valence-corrected chi connectivity index (χ0v) is 15.7. The summed E-state index contributed by atoms with van der Waals surface area (Å²) in [5, 5.41) is 13.7. The maximum Gasteiger partial charge on any atom is 0.251 e. The molecule has 0 aliphatic rings. The molecule has 0 saturated carbocycles. The molecule has 3 aromatic rings. The van der Waals surface area contributed by atoms with Crippen LogP contribution in [0.2, 0.25) is 0 Å². The van der Waals surface area contributed by atoms with Crippen molar-refractivity contribution >= 4 is 11.8 Å². The second kappa shape index (κ2) is 9.45. The Hall–Kier alpha value is -3.48. The largest absolute Gasteiger partial charge is 0.349 e. The van der Waals surface area contributed by atoms with Crippen LogP contribution in [0.4, 0.5) is 0 Å². The van der Waals surface area contributed by atoms with E-state index in [1.165, 1.54) is 0 Å². The highest BCUT2D eigenvalue weighted by atomic mass is 16.2. The number of benzene rings is 2. The summed E-state index contributed by atoms with van der Waals surface area (Å²) in [6.45, 7) is 3.01. The molecule has 0 radical (unpaired) electrons. The first-order valence-electron chi connectivity index (χ1n) is 9.21. The Balaban J connectivity index is 1.67. The topological polar surface area (TPSA) is 88.9 Å². The van der Waals surface area contributed by atoms with Crippen LogP contribution in [0.25, 0.3) is 0 Å². The molecule has 3 rings (SSSR count). The molecule has 28 heavy (non-hydrogen) atoms. The maximum atomic E-state index is 12.6. The van der Waals surface area contributed by atoms with E-state index in [0.29, 0.717) is 17.9 Å². The average molecular weight is 377 g/mol. The number of amides is 2. The van der Waals surface area contributed by atoms with Gasteiger partial charge in [-0.1, -0.05) is 48.5 Å². The van der Waals surface area contributed by atoms with Crippen LogP contribution >= 0.6 is 0 Å². The van der Waals surface area contributed by atoms with E-state index < -0.39 is 6.04 Å². The van der Waals surface area contributed by atoms with Gasteiger partial charge in [0.15, 0.2) is 5.82 Å². The lowest BCUT2D eigenvalue weighted by Crippen LogP contribution is -2.34. The van der Waals surface area contributed by atoms with E-state index in [2.05, 4.69) is 20.8 Å². The van der Waals surface area contributed by atoms with Crippen LogP contribution < -0.4 is 10.6 Å². The van der Waals surface area contributed by atoms with Crippen molar-refractivity contribution in [2.24, 2.45) is 0 Å². The first-order chi connectivity index (χ1) is 13.7. The van der Waals surface area contributed by atoms with Crippen molar-refractivity contribution in [1.29, 1.82) is 0 Å². The summed E-state index contributed by atoms with van der Waals surface area (Å²) in [6, 6.07) is 18.0. The highest BCUT2D eigenvalue weighted by molar-refractivity contribution is 5.94. The third kappa shape index (κ3) is 5.03. The minimum absolute atomic E-state index is 0.128. The monoisotopic (exact) mass is 377 g/mol. The quantitative estimate of drug-likeness (QED) is 0.631. The molecule has 2 amide bonds. The lowest BCUT2D eigenvalue weighted by atomic mass is 10.0. The standard InChI is InChI=1S/C21H23N5O2/c1-2-26-15-23-25-19(26)14-22-20(27)13-18(16-9-5-3-6-10-16)24-21(28)17-11-7-4-8-12-17/h3-12,15,18H,2,13-14H2,1H3,(H,22,27)(H,24,28). The Kier molecular flexibility index (Phi) is 6.51. The number of hydrogen-bond donors (Lipinski definition) is 2. The van der Waals surface area contributed by atoms with Crippen LogP contribution in [0.15, 0.2) is 67.0 Å². The van der Waals surface area contributed by atoms with Crippen molar-refractivity contribution < 1.29 is 9.59 Å². The molecule has 0 fully saturated rings. The van der Waals surface area contributed by atoms with E-state index in [0.717, 1.165) is 12.1 Å². The van der Waals surface area contributed by atoms with Gasteiger partial charge in [0.2, 0.25) is 5.91 Å². The van der Waals surface area contributed by atoms with Crippen molar-refractivity contribution in [3.63, 3.8) is 0 Å². The van der Waals surface area contributed by atoms with Crippen LogP contribution in [0.3, 0.4) is 0 Å². The van der Waals surface area contributed by atoms with Gasteiger partial charge < -0.3 is 15.2 Å².